The van der Waals surface area contributed by atoms with Crippen LogP contribution in [0.1, 0.15) is 39.5 Å². The second-order valence-corrected chi connectivity index (χ2v) is 5.20. The highest BCUT2D eigenvalue weighted by Gasteiger charge is 2.22. The fraction of sp³-hybridized carbons (Fsp3) is 0.923. The van der Waals surface area contributed by atoms with Crippen LogP contribution in [0.15, 0.2) is 0 Å². The number of hydrogen-bond acceptors (Lipinski definition) is 4. The highest BCUT2D eigenvalue weighted by Crippen LogP contribution is 2.13. The van der Waals surface area contributed by atoms with Gasteiger partial charge in [-0.2, -0.15) is 0 Å². The molecule has 1 atom stereocenters. The van der Waals surface area contributed by atoms with Crippen molar-refractivity contribution in [3.05, 3.63) is 0 Å². The Morgan fingerprint density at radius 2 is 2.11 bits per heavy atom. The monoisotopic (exact) mass is 258 g/mol. The molecule has 5 heteroatoms. The van der Waals surface area contributed by atoms with Gasteiger partial charge in [-0.25, -0.2) is 0 Å². The Labute approximate surface area is 109 Å². The molecule has 1 amide bonds. The maximum atomic E-state index is 11.8. The van der Waals surface area contributed by atoms with E-state index in [1.165, 1.54) is 0 Å². The average molecular weight is 258 g/mol. The van der Waals surface area contributed by atoms with Gasteiger partial charge in [-0.05, 0) is 32.6 Å². The van der Waals surface area contributed by atoms with Gasteiger partial charge in [0, 0.05) is 31.4 Å². The molecule has 1 unspecified atom stereocenters. The summed E-state index contributed by atoms with van der Waals surface area (Å²) >= 11 is 0. The Morgan fingerprint density at radius 1 is 1.44 bits per heavy atom. The quantitative estimate of drug-likeness (QED) is 0.619. The third-order valence-corrected chi connectivity index (χ3v) is 3.71. The molecule has 1 aliphatic rings. The highest BCUT2D eigenvalue weighted by atomic mass is 16.5. The van der Waals surface area contributed by atoms with Crippen molar-refractivity contribution in [2.45, 2.75) is 51.1 Å². The third-order valence-electron chi connectivity index (χ3n) is 3.71. The fourth-order valence-electron chi connectivity index (χ4n) is 2.05. The number of aliphatic hydroxyl groups excluding tert-OH is 1. The lowest BCUT2D eigenvalue weighted by Crippen LogP contribution is -2.49. The van der Waals surface area contributed by atoms with Crippen LogP contribution in [0.25, 0.3) is 0 Å². The molecule has 5 nitrogen and oxygen atoms in total. The van der Waals surface area contributed by atoms with E-state index in [1.54, 1.807) is 0 Å². The molecule has 1 heterocycles. The van der Waals surface area contributed by atoms with Gasteiger partial charge in [-0.3, -0.25) is 4.79 Å². The first kappa shape index (κ1) is 15.4. The van der Waals surface area contributed by atoms with E-state index in [4.69, 9.17) is 9.84 Å². The number of hydrogen-bond donors (Lipinski definition) is 3. The fourth-order valence-corrected chi connectivity index (χ4v) is 2.05. The van der Waals surface area contributed by atoms with Gasteiger partial charge in [0.2, 0.25) is 5.91 Å². The first-order valence-electron chi connectivity index (χ1n) is 6.82. The van der Waals surface area contributed by atoms with Gasteiger partial charge in [-0.15, -0.1) is 0 Å². The molecule has 18 heavy (non-hydrogen) atoms. The van der Waals surface area contributed by atoms with Gasteiger partial charge < -0.3 is 20.5 Å². The van der Waals surface area contributed by atoms with Gasteiger partial charge in [0.15, 0.2) is 0 Å². The van der Waals surface area contributed by atoms with Crippen molar-refractivity contribution >= 4 is 5.91 Å². The zero-order chi connectivity index (χ0) is 13.4. The lowest BCUT2D eigenvalue weighted by molar-refractivity contribution is -0.121. The zero-order valence-corrected chi connectivity index (χ0v) is 11.5. The molecule has 1 rings (SSSR count). The highest BCUT2D eigenvalue weighted by molar-refractivity contribution is 5.78. The number of ether oxygens (including phenoxy) is 1. The molecule has 0 aromatic carbocycles. The van der Waals surface area contributed by atoms with E-state index >= 15 is 0 Å². The molecule has 1 fully saturated rings. The van der Waals surface area contributed by atoms with Gasteiger partial charge in [0.25, 0.3) is 0 Å². The average Bonchev–Trinajstić information content (AvgIpc) is 2.38. The van der Waals surface area contributed by atoms with Crippen molar-refractivity contribution in [3.8, 4) is 0 Å². The van der Waals surface area contributed by atoms with E-state index in [2.05, 4.69) is 17.6 Å². The second-order valence-electron chi connectivity index (χ2n) is 5.20. The second kappa shape index (κ2) is 7.71. The third kappa shape index (κ3) is 5.33. The Kier molecular flexibility index (Phi) is 6.60. The summed E-state index contributed by atoms with van der Waals surface area (Å²) in [6.45, 7) is 6.00. The summed E-state index contributed by atoms with van der Waals surface area (Å²) in [6, 6.07) is 0.249. The molecule has 0 aromatic rings. The Bertz CT molecular complexity index is 255. The Morgan fingerprint density at radius 3 is 2.67 bits per heavy atom. The minimum atomic E-state index is -0.165. The van der Waals surface area contributed by atoms with Crippen LogP contribution < -0.4 is 10.6 Å². The number of carbonyl (C=O) groups is 1. The first-order valence-corrected chi connectivity index (χ1v) is 6.82. The van der Waals surface area contributed by atoms with Gasteiger partial charge >= 0.3 is 0 Å². The van der Waals surface area contributed by atoms with E-state index in [-0.39, 0.29) is 24.1 Å². The van der Waals surface area contributed by atoms with E-state index < -0.39 is 0 Å². The van der Waals surface area contributed by atoms with Crippen LogP contribution in [0.3, 0.4) is 0 Å². The van der Waals surface area contributed by atoms with Gasteiger partial charge in [-0.1, -0.05) is 6.92 Å². The molecular weight excluding hydrogens is 232 g/mol. The molecule has 0 aromatic heterocycles. The molecule has 1 aliphatic heterocycles. The van der Waals surface area contributed by atoms with Crippen LogP contribution in [0.2, 0.25) is 0 Å². The predicted molar refractivity (Wildman–Crippen MR) is 70.4 cm³/mol. The van der Waals surface area contributed by atoms with E-state index in [0.29, 0.717) is 13.0 Å². The van der Waals surface area contributed by atoms with Crippen molar-refractivity contribution in [1.29, 1.82) is 0 Å². The number of carbonyl (C=O) groups excluding carboxylic acids is 1. The molecule has 106 valence electrons. The number of amides is 1. The summed E-state index contributed by atoms with van der Waals surface area (Å²) in [6.07, 6.45) is 3.34. The van der Waals surface area contributed by atoms with Gasteiger partial charge in [0.1, 0.15) is 0 Å². The Hall–Kier alpha value is -0.650. The molecular formula is C13H26N2O3. The van der Waals surface area contributed by atoms with Crippen LogP contribution in [0.5, 0.6) is 0 Å². The summed E-state index contributed by atoms with van der Waals surface area (Å²) in [5.41, 5.74) is -0.165. The van der Waals surface area contributed by atoms with Crippen molar-refractivity contribution in [2.75, 3.05) is 26.4 Å². The van der Waals surface area contributed by atoms with E-state index in [1.807, 2.05) is 6.92 Å². The van der Waals surface area contributed by atoms with Crippen LogP contribution in [-0.4, -0.2) is 49.0 Å². The van der Waals surface area contributed by atoms with Crippen molar-refractivity contribution in [2.24, 2.45) is 0 Å². The number of aliphatic hydroxyl groups is 1. The SMILES string of the molecule is CCC(C)(CCO)NCC(=O)NC1CCOCC1. The molecule has 0 spiro atoms. The largest absolute Gasteiger partial charge is 0.396 e. The Balaban J connectivity index is 2.26. The molecule has 0 saturated carbocycles. The summed E-state index contributed by atoms with van der Waals surface area (Å²) in [4.78, 5) is 11.8. The zero-order valence-electron chi connectivity index (χ0n) is 11.5. The molecule has 0 radical (unpaired) electrons. The van der Waals surface area contributed by atoms with Crippen LogP contribution in [0, 0.1) is 0 Å². The smallest absolute Gasteiger partial charge is 0.234 e. The van der Waals surface area contributed by atoms with Crippen molar-refractivity contribution < 1.29 is 14.6 Å². The minimum absolute atomic E-state index is 0.0273. The predicted octanol–water partition coefficient (Wildman–Crippen LogP) is 0.422. The molecule has 3 N–H and O–H groups in total. The van der Waals surface area contributed by atoms with Crippen LogP contribution in [0.4, 0.5) is 0 Å². The van der Waals surface area contributed by atoms with E-state index in [9.17, 15) is 4.79 Å². The first-order chi connectivity index (χ1) is 8.59. The van der Waals surface area contributed by atoms with Crippen LogP contribution in [-0.2, 0) is 9.53 Å². The van der Waals surface area contributed by atoms with Gasteiger partial charge in [0.05, 0.1) is 6.54 Å². The van der Waals surface area contributed by atoms with Crippen molar-refractivity contribution in [3.63, 3.8) is 0 Å². The van der Waals surface area contributed by atoms with E-state index in [0.717, 1.165) is 32.5 Å². The maximum absolute atomic E-state index is 11.8. The minimum Gasteiger partial charge on any atom is -0.396 e. The number of nitrogens with one attached hydrogen (secondary N) is 2. The lowest BCUT2D eigenvalue weighted by atomic mass is 9.95. The number of rotatable bonds is 7. The molecule has 1 saturated heterocycles. The summed E-state index contributed by atoms with van der Waals surface area (Å²) in [5, 5.41) is 15.3. The van der Waals surface area contributed by atoms with Crippen molar-refractivity contribution in [1.82, 2.24) is 10.6 Å². The lowest BCUT2D eigenvalue weighted by Gasteiger charge is -2.29. The standard InChI is InChI=1S/C13H26N2O3/c1-3-13(2,6-7-16)14-10-12(17)15-11-4-8-18-9-5-11/h11,14,16H,3-10H2,1-2H3,(H,15,17). The summed E-state index contributed by atoms with van der Waals surface area (Å²) < 4.78 is 5.25. The molecule has 0 bridgehead atoms. The van der Waals surface area contributed by atoms with Crippen LogP contribution >= 0.6 is 0 Å². The summed E-state index contributed by atoms with van der Waals surface area (Å²) in [7, 11) is 0. The topological polar surface area (TPSA) is 70.6 Å². The maximum Gasteiger partial charge on any atom is 0.234 e. The normalized spacial score (nSPS) is 20.4. The molecule has 0 aliphatic carbocycles. The summed E-state index contributed by atoms with van der Waals surface area (Å²) in [5.74, 6) is 0.0273.